The first-order valence-electron chi connectivity index (χ1n) is 9.91. The number of likely N-dealkylation sites (tertiary alicyclic amines) is 1. The zero-order valence-electron chi connectivity index (χ0n) is 15.8. The number of nitrogens with one attached hydrogen (secondary N) is 2. The number of pyridine rings is 1. The third kappa shape index (κ3) is 4.37. The second kappa shape index (κ2) is 8.19. The quantitative estimate of drug-likeness (QED) is 0.793. The molecular formula is C22H28N4O. The van der Waals surface area contributed by atoms with Crippen molar-refractivity contribution in [3.8, 4) is 0 Å². The van der Waals surface area contributed by atoms with Crippen molar-refractivity contribution >= 4 is 5.91 Å². The molecule has 2 fully saturated rings. The lowest BCUT2D eigenvalue weighted by Gasteiger charge is -2.27. The highest BCUT2D eigenvalue weighted by Gasteiger charge is 2.34. The predicted molar refractivity (Wildman–Crippen MR) is 106 cm³/mol. The number of nitrogens with zero attached hydrogens (tertiary/aromatic N) is 2. The normalized spacial score (nSPS) is 23.9. The summed E-state index contributed by atoms with van der Waals surface area (Å²) >= 11 is 0. The molecule has 2 N–H and O–H groups in total. The Hall–Kier alpha value is -2.24. The molecule has 0 radical (unpaired) electrons. The van der Waals surface area contributed by atoms with Gasteiger partial charge in [-0.1, -0.05) is 36.4 Å². The molecule has 1 aromatic heterocycles. The van der Waals surface area contributed by atoms with Gasteiger partial charge < -0.3 is 10.6 Å². The third-order valence-electron chi connectivity index (χ3n) is 5.70. The number of benzene rings is 1. The molecule has 0 spiro atoms. The molecule has 2 aliphatic rings. The summed E-state index contributed by atoms with van der Waals surface area (Å²) in [6.45, 7) is 1.87. The topological polar surface area (TPSA) is 57.3 Å². The largest absolute Gasteiger partial charge is 0.352 e. The first-order valence-corrected chi connectivity index (χ1v) is 9.91. The van der Waals surface area contributed by atoms with E-state index in [1.165, 1.54) is 5.56 Å². The Morgan fingerprint density at radius 2 is 2.00 bits per heavy atom. The molecular weight excluding hydrogens is 336 g/mol. The van der Waals surface area contributed by atoms with Crippen molar-refractivity contribution in [2.45, 2.75) is 37.4 Å². The molecule has 5 nitrogen and oxygen atoms in total. The monoisotopic (exact) mass is 364 g/mol. The fourth-order valence-corrected chi connectivity index (χ4v) is 4.11. The summed E-state index contributed by atoms with van der Waals surface area (Å²) < 4.78 is 0. The lowest BCUT2D eigenvalue weighted by atomic mass is 9.94. The van der Waals surface area contributed by atoms with E-state index < -0.39 is 0 Å². The van der Waals surface area contributed by atoms with E-state index in [4.69, 9.17) is 0 Å². The van der Waals surface area contributed by atoms with Gasteiger partial charge in [0.1, 0.15) is 6.04 Å². The number of carbonyl (C=O) groups is 1. The summed E-state index contributed by atoms with van der Waals surface area (Å²) in [5, 5.41) is 6.73. The van der Waals surface area contributed by atoms with Crippen LogP contribution in [0, 0.1) is 5.92 Å². The number of hydrogen-bond acceptors (Lipinski definition) is 4. The zero-order valence-corrected chi connectivity index (χ0v) is 15.8. The smallest absolute Gasteiger partial charge is 0.241 e. The van der Waals surface area contributed by atoms with Gasteiger partial charge in [-0.25, -0.2) is 0 Å². The summed E-state index contributed by atoms with van der Waals surface area (Å²) in [6, 6.07) is 14.6. The molecule has 1 aliphatic carbocycles. The summed E-state index contributed by atoms with van der Waals surface area (Å²) in [5.74, 6) is 0.548. The van der Waals surface area contributed by atoms with E-state index in [0.29, 0.717) is 18.0 Å². The van der Waals surface area contributed by atoms with E-state index in [2.05, 4.69) is 33.6 Å². The second-order valence-corrected chi connectivity index (χ2v) is 7.80. The van der Waals surface area contributed by atoms with Gasteiger partial charge in [-0.15, -0.1) is 0 Å². The second-order valence-electron chi connectivity index (χ2n) is 7.80. The van der Waals surface area contributed by atoms with E-state index in [-0.39, 0.29) is 11.9 Å². The minimum atomic E-state index is -0.299. The van der Waals surface area contributed by atoms with E-state index >= 15 is 0 Å². The number of amides is 1. The highest BCUT2D eigenvalue weighted by atomic mass is 16.2. The standard InChI is InChI=1S/C22H28N4O/c1-26-13-11-18(21(26)17-8-5-12-23-14-17)15-24-20(16-6-3-2-4-7-16)22(27)25-19-9-10-19/h2-8,12,14,18-21,24H,9-11,13,15H2,1H3,(H,25,27)/t18-,20?,21-/m0/s1. The molecule has 5 heteroatoms. The van der Waals surface area contributed by atoms with Crippen LogP contribution in [0.1, 0.15) is 42.5 Å². The fraction of sp³-hybridized carbons (Fsp3) is 0.455. The van der Waals surface area contributed by atoms with Crippen LogP contribution in [0.4, 0.5) is 0 Å². The van der Waals surface area contributed by atoms with Crippen LogP contribution in [0.5, 0.6) is 0 Å². The summed E-state index contributed by atoms with van der Waals surface area (Å²) in [5.41, 5.74) is 2.28. The summed E-state index contributed by atoms with van der Waals surface area (Å²) in [4.78, 5) is 19.5. The molecule has 1 amide bonds. The molecule has 2 heterocycles. The summed E-state index contributed by atoms with van der Waals surface area (Å²) in [7, 11) is 2.17. The van der Waals surface area contributed by atoms with Crippen LogP contribution in [0.3, 0.4) is 0 Å². The minimum absolute atomic E-state index is 0.0907. The molecule has 27 heavy (non-hydrogen) atoms. The number of carbonyl (C=O) groups excluding carboxylic acids is 1. The molecule has 142 valence electrons. The molecule has 1 saturated heterocycles. The Labute approximate surface area is 161 Å². The van der Waals surface area contributed by atoms with Crippen LogP contribution in [-0.2, 0) is 4.79 Å². The van der Waals surface area contributed by atoms with E-state index in [0.717, 1.165) is 37.9 Å². The average Bonchev–Trinajstić information content (AvgIpc) is 3.44. The van der Waals surface area contributed by atoms with Crippen LogP contribution < -0.4 is 10.6 Å². The van der Waals surface area contributed by atoms with Crippen molar-refractivity contribution in [1.82, 2.24) is 20.5 Å². The molecule has 1 aromatic carbocycles. The van der Waals surface area contributed by atoms with Crippen molar-refractivity contribution < 1.29 is 4.79 Å². The number of aromatic nitrogens is 1. The van der Waals surface area contributed by atoms with Crippen molar-refractivity contribution in [1.29, 1.82) is 0 Å². The average molecular weight is 364 g/mol. The van der Waals surface area contributed by atoms with Gasteiger partial charge in [-0.2, -0.15) is 0 Å². The van der Waals surface area contributed by atoms with Crippen LogP contribution in [0.15, 0.2) is 54.9 Å². The highest BCUT2D eigenvalue weighted by molar-refractivity contribution is 5.83. The van der Waals surface area contributed by atoms with Gasteiger partial charge in [-0.05, 0) is 56.0 Å². The van der Waals surface area contributed by atoms with Crippen molar-refractivity contribution in [2.75, 3.05) is 20.1 Å². The number of rotatable bonds is 7. The van der Waals surface area contributed by atoms with Crippen molar-refractivity contribution in [3.63, 3.8) is 0 Å². The number of hydrogen-bond donors (Lipinski definition) is 2. The van der Waals surface area contributed by atoms with E-state index in [1.54, 1.807) is 0 Å². The van der Waals surface area contributed by atoms with Crippen LogP contribution in [-0.4, -0.2) is 42.0 Å². The van der Waals surface area contributed by atoms with Gasteiger partial charge in [0, 0.05) is 31.0 Å². The van der Waals surface area contributed by atoms with Crippen molar-refractivity contribution in [3.05, 3.63) is 66.0 Å². The van der Waals surface area contributed by atoms with Crippen molar-refractivity contribution in [2.24, 2.45) is 5.92 Å². The molecule has 3 atom stereocenters. The van der Waals surface area contributed by atoms with E-state index in [1.807, 2.05) is 48.8 Å². The first-order chi connectivity index (χ1) is 13.2. The predicted octanol–water partition coefficient (Wildman–Crippen LogP) is 2.68. The van der Waals surface area contributed by atoms with Gasteiger partial charge >= 0.3 is 0 Å². The first kappa shape index (κ1) is 18.1. The molecule has 0 bridgehead atoms. The van der Waals surface area contributed by atoms with E-state index in [9.17, 15) is 4.79 Å². The summed E-state index contributed by atoms with van der Waals surface area (Å²) in [6.07, 6.45) is 7.11. The molecule has 1 unspecified atom stereocenters. The lowest BCUT2D eigenvalue weighted by Crippen LogP contribution is -2.41. The van der Waals surface area contributed by atoms with Crippen LogP contribution >= 0.6 is 0 Å². The Morgan fingerprint density at radius 1 is 1.19 bits per heavy atom. The maximum atomic E-state index is 12.8. The van der Waals surface area contributed by atoms with Gasteiger partial charge in [-0.3, -0.25) is 14.7 Å². The maximum absolute atomic E-state index is 12.8. The molecule has 1 saturated carbocycles. The minimum Gasteiger partial charge on any atom is -0.352 e. The third-order valence-corrected chi connectivity index (χ3v) is 5.70. The zero-order chi connectivity index (χ0) is 18.6. The van der Waals surface area contributed by atoms with Crippen LogP contribution in [0.25, 0.3) is 0 Å². The van der Waals surface area contributed by atoms with Gasteiger partial charge in [0.2, 0.25) is 5.91 Å². The van der Waals surface area contributed by atoms with Crippen LogP contribution in [0.2, 0.25) is 0 Å². The van der Waals surface area contributed by atoms with Gasteiger partial charge in [0.05, 0.1) is 0 Å². The lowest BCUT2D eigenvalue weighted by molar-refractivity contribution is -0.123. The van der Waals surface area contributed by atoms with Gasteiger partial charge in [0.25, 0.3) is 0 Å². The fourth-order valence-electron chi connectivity index (χ4n) is 4.11. The highest BCUT2D eigenvalue weighted by Crippen LogP contribution is 2.35. The Bertz CT molecular complexity index is 747. The van der Waals surface area contributed by atoms with Gasteiger partial charge in [0.15, 0.2) is 0 Å². The maximum Gasteiger partial charge on any atom is 0.241 e. The molecule has 2 aromatic rings. The Kier molecular flexibility index (Phi) is 5.50. The Balaban J connectivity index is 1.47. The SMILES string of the molecule is CN1CC[C@@H](CNC(C(=O)NC2CC2)c2ccccc2)[C@@H]1c1cccnc1. The molecule has 1 aliphatic heterocycles. The Morgan fingerprint density at radius 3 is 2.70 bits per heavy atom. The molecule has 4 rings (SSSR count).